The highest BCUT2D eigenvalue weighted by molar-refractivity contribution is 5.98. The minimum atomic E-state index is -0.913. The minimum absolute atomic E-state index is 0.0647. The van der Waals surface area contributed by atoms with Crippen LogP contribution in [0.5, 0.6) is 11.5 Å². The molecule has 3 rings (SSSR count). The lowest BCUT2D eigenvalue weighted by atomic mass is 10.1. The zero-order valence-electron chi connectivity index (χ0n) is 14.7. The van der Waals surface area contributed by atoms with Crippen molar-refractivity contribution in [3.05, 3.63) is 71.8 Å². The van der Waals surface area contributed by atoms with Gasteiger partial charge in [0, 0.05) is 17.7 Å². The highest BCUT2D eigenvalue weighted by Crippen LogP contribution is 2.29. The first-order chi connectivity index (χ1) is 12.6. The smallest absolute Gasteiger partial charge is 0.251 e. The number of carbonyl (C=O) groups excluding carboxylic acids is 1. The minimum Gasteiger partial charge on any atom is -0.497 e. The number of ether oxygens (including phenoxy) is 2. The van der Waals surface area contributed by atoms with Crippen LogP contribution in [0.15, 0.2) is 60.7 Å². The van der Waals surface area contributed by atoms with Crippen molar-refractivity contribution in [2.75, 3.05) is 20.8 Å². The van der Waals surface area contributed by atoms with E-state index in [1.54, 1.807) is 31.4 Å². The van der Waals surface area contributed by atoms with Gasteiger partial charge in [0.25, 0.3) is 5.91 Å². The molecule has 1 amide bonds. The number of rotatable bonds is 6. The van der Waals surface area contributed by atoms with Gasteiger partial charge in [0.05, 0.1) is 14.2 Å². The molecule has 0 saturated carbocycles. The number of hydrogen-bond acceptors (Lipinski definition) is 4. The molecule has 2 N–H and O–H groups in total. The fourth-order valence-corrected chi connectivity index (χ4v) is 2.83. The summed E-state index contributed by atoms with van der Waals surface area (Å²) in [6, 6.07) is 18.5. The van der Waals surface area contributed by atoms with E-state index in [1.165, 1.54) is 7.11 Å². The van der Waals surface area contributed by atoms with Crippen LogP contribution in [-0.2, 0) is 0 Å². The molecule has 0 bridgehead atoms. The van der Waals surface area contributed by atoms with Gasteiger partial charge >= 0.3 is 0 Å². The van der Waals surface area contributed by atoms with Crippen LogP contribution >= 0.6 is 0 Å². The van der Waals surface area contributed by atoms with Gasteiger partial charge in [-0.1, -0.05) is 30.3 Å². The Hall–Kier alpha value is -3.05. The predicted molar refractivity (Wildman–Crippen MR) is 101 cm³/mol. The van der Waals surface area contributed by atoms with E-state index in [2.05, 4.69) is 5.32 Å². The Balaban J connectivity index is 1.72. The maximum atomic E-state index is 12.4. The van der Waals surface area contributed by atoms with E-state index in [0.29, 0.717) is 22.6 Å². The summed E-state index contributed by atoms with van der Waals surface area (Å²) < 4.78 is 10.5. The molecule has 0 radical (unpaired) electrons. The van der Waals surface area contributed by atoms with E-state index < -0.39 is 6.10 Å². The molecule has 3 aromatic carbocycles. The molecule has 0 aliphatic carbocycles. The molecule has 0 spiro atoms. The maximum absolute atomic E-state index is 12.4. The second kappa shape index (κ2) is 7.89. The summed E-state index contributed by atoms with van der Waals surface area (Å²) in [5, 5.41) is 15.3. The molecule has 5 heteroatoms. The first-order valence-electron chi connectivity index (χ1n) is 8.29. The third kappa shape index (κ3) is 3.78. The summed E-state index contributed by atoms with van der Waals surface area (Å²) in [4.78, 5) is 12.4. The van der Waals surface area contributed by atoms with Crippen molar-refractivity contribution in [2.24, 2.45) is 0 Å². The van der Waals surface area contributed by atoms with E-state index >= 15 is 0 Å². The molecule has 0 heterocycles. The van der Waals surface area contributed by atoms with Crippen LogP contribution in [-0.4, -0.2) is 31.8 Å². The third-order valence-corrected chi connectivity index (χ3v) is 4.26. The highest BCUT2D eigenvalue weighted by atomic mass is 16.5. The van der Waals surface area contributed by atoms with Crippen LogP contribution < -0.4 is 14.8 Å². The monoisotopic (exact) mass is 351 g/mol. The Labute approximate surface area is 152 Å². The molecule has 5 nitrogen and oxygen atoms in total. The van der Waals surface area contributed by atoms with E-state index in [4.69, 9.17) is 9.47 Å². The molecule has 3 aromatic rings. The van der Waals surface area contributed by atoms with E-state index in [-0.39, 0.29) is 12.5 Å². The maximum Gasteiger partial charge on any atom is 0.251 e. The molecule has 1 unspecified atom stereocenters. The van der Waals surface area contributed by atoms with Gasteiger partial charge < -0.3 is 19.9 Å². The topological polar surface area (TPSA) is 67.8 Å². The Bertz CT molecular complexity index is 923. The number of nitrogens with one attached hydrogen (secondary N) is 1. The highest BCUT2D eigenvalue weighted by Gasteiger charge is 2.16. The molecule has 134 valence electrons. The van der Waals surface area contributed by atoms with Crippen molar-refractivity contribution in [1.82, 2.24) is 5.32 Å². The Kier molecular flexibility index (Phi) is 5.39. The molecule has 0 aromatic heterocycles. The van der Waals surface area contributed by atoms with Gasteiger partial charge in [0.1, 0.15) is 17.6 Å². The Morgan fingerprint density at radius 2 is 1.77 bits per heavy atom. The number of aliphatic hydroxyl groups is 1. The second-order valence-electron chi connectivity index (χ2n) is 5.90. The standard InChI is InChI=1S/C21H21NO4/c1-25-17-9-10-20(26-2)18(12-17)19(23)13-22-21(24)16-8-7-14-5-3-4-6-15(14)11-16/h3-12,19,23H,13H2,1-2H3,(H,22,24). The van der Waals surface area contributed by atoms with Gasteiger partial charge in [0.15, 0.2) is 0 Å². The summed E-state index contributed by atoms with van der Waals surface area (Å²) in [6.07, 6.45) is -0.913. The fraction of sp³-hybridized carbons (Fsp3) is 0.190. The average molecular weight is 351 g/mol. The molecular formula is C21H21NO4. The van der Waals surface area contributed by atoms with Crippen LogP contribution in [0.4, 0.5) is 0 Å². The van der Waals surface area contributed by atoms with Crippen molar-refractivity contribution < 1.29 is 19.4 Å². The Morgan fingerprint density at radius 3 is 2.50 bits per heavy atom. The van der Waals surface area contributed by atoms with Crippen molar-refractivity contribution in [1.29, 1.82) is 0 Å². The lowest BCUT2D eigenvalue weighted by molar-refractivity contribution is 0.0914. The van der Waals surface area contributed by atoms with E-state index in [9.17, 15) is 9.90 Å². The molecule has 0 aliphatic heterocycles. The zero-order chi connectivity index (χ0) is 18.5. The van der Waals surface area contributed by atoms with Crippen LogP contribution in [0.1, 0.15) is 22.0 Å². The number of hydrogen-bond donors (Lipinski definition) is 2. The van der Waals surface area contributed by atoms with Crippen molar-refractivity contribution in [3.63, 3.8) is 0 Å². The number of fused-ring (bicyclic) bond motifs is 1. The number of benzene rings is 3. The first-order valence-corrected chi connectivity index (χ1v) is 8.29. The van der Waals surface area contributed by atoms with Gasteiger partial charge in [0.2, 0.25) is 0 Å². The van der Waals surface area contributed by atoms with Crippen LogP contribution in [0.2, 0.25) is 0 Å². The quantitative estimate of drug-likeness (QED) is 0.715. The van der Waals surface area contributed by atoms with Crippen molar-refractivity contribution in [2.45, 2.75) is 6.10 Å². The van der Waals surface area contributed by atoms with E-state index in [0.717, 1.165) is 10.8 Å². The summed E-state index contributed by atoms with van der Waals surface area (Å²) in [5.41, 5.74) is 1.11. The predicted octanol–water partition coefficient (Wildman–Crippen LogP) is 3.32. The van der Waals surface area contributed by atoms with Gasteiger partial charge in [-0.05, 0) is 41.1 Å². The molecular weight excluding hydrogens is 330 g/mol. The third-order valence-electron chi connectivity index (χ3n) is 4.26. The van der Waals surface area contributed by atoms with Crippen molar-refractivity contribution in [3.8, 4) is 11.5 Å². The van der Waals surface area contributed by atoms with Gasteiger partial charge in [-0.2, -0.15) is 0 Å². The lowest BCUT2D eigenvalue weighted by Crippen LogP contribution is -2.28. The largest absolute Gasteiger partial charge is 0.497 e. The Morgan fingerprint density at radius 1 is 1.00 bits per heavy atom. The molecule has 26 heavy (non-hydrogen) atoms. The number of aliphatic hydroxyl groups excluding tert-OH is 1. The second-order valence-corrected chi connectivity index (χ2v) is 5.90. The summed E-state index contributed by atoms with van der Waals surface area (Å²) in [5.74, 6) is 0.913. The normalized spacial score (nSPS) is 11.8. The number of carbonyl (C=O) groups is 1. The van der Waals surface area contributed by atoms with Gasteiger partial charge in [-0.25, -0.2) is 0 Å². The van der Waals surface area contributed by atoms with Crippen LogP contribution in [0.3, 0.4) is 0 Å². The van der Waals surface area contributed by atoms with Crippen LogP contribution in [0.25, 0.3) is 10.8 Å². The van der Waals surface area contributed by atoms with Gasteiger partial charge in [-0.3, -0.25) is 4.79 Å². The van der Waals surface area contributed by atoms with Crippen molar-refractivity contribution >= 4 is 16.7 Å². The molecule has 1 atom stereocenters. The molecule has 0 fully saturated rings. The zero-order valence-corrected chi connectivity index (χ0v) is 14.7. The lowest BCUT2D eigenvalue weighted by Gasteiger charge is -2.16. The number of methoxy groups -OCH3 is 2. The van der Waals surface area contributed by atoms with Gasteiger partial charge in [-0.15, -0.1) is 0 Å². The summed E-state index contributed by atoms with van der Waals surface area (Å²) in [7, 11) is 3.09. The molecule has 0 saturated heterocycles. The SMILES string of the molecule is COc1ccc(OC)c(C(O)CNC(=O)c2ccc3ccccc3c2)c1. The molecule has 0 aliphatic rings. The van der Waals surface area contributed by atoms with Crippen LogP contribution in [0, 0.1) is 0 Å². The number of amides is 1. The van der Waals surface area contributed by atoms with E-state index in [1.807, 2.05) is 36.4 Å². The summed E-state index contributed by atoms with van der Waals surface area (Å²) >= 11 is 0. The fourth-order valence-electron chi connectivity index (χ4n) is 2.83. The summed E-state index contributed by atoms with van der Waals surface area (Å²) in [6.45, 7) is 0.0647. The average Bonchev–Trinajstić information content (AvgIpc) is 2.70. The first kappa shape index (κ1) is 17.8.